The second kappa shape index (κ2) is 41.7. The Morgan fingerprint density at radius 3 is 1.16 bits per heavy atom. The molecule has 0 spiro atoms. The van der Waals surface area contributed by atoms with Crippen LogP contribution < -0.4 is 5.32 Å². The molecule has 12 rings (SSSR count). The lowest BCUT2D eigenvalue weighted by Gasteiger charge is -2.43. The summed E-state index contributed by atoms with van der Waals surface area (Å²) in [7, 11) is 0. The van der Waals surface area contributed by atoms with Gasteiger partial charge in [-0.25, -0.2) is 69.4 Å². The van der Waals surface area contributed by atoms with Crippen LogP contribution in [0.15, 0.2) is 73.8 Å². The first-order valence-corrected chi connectivity index (χ1v) is 36.3. The van der Waals surface area contributed by atoms with Gasteiger partial charge in [0.25, 0.3) is 5.91 Å². The quantitative estimate of drug-likeness (QED) is 0.104. The number of aromatic nitrogens is 6. The standard InChI is InChI=1S/C21H21F2N5O.C16H24F2N2O2.C11H16F2N2.C11H18N2O2.C10H7N3O2.C5H7BrF2.5CH4/c22-21(23)11-15(12-21)10-20(13-24)4-8-28(9-5-20)19(29)16-2-1-6-26-18(16)17-3-7-25-14-27-17;1-14(2,3)22-13(21)20-6-4-15(11-19,5-7-20)8-12-9-16(17,18)10-12;12-11(13)6-9(7-11)5-10(8-14)1-3-15-4-2-10;1-11(2,3)15-10(14)13-6-4-9(8-12)5-7-13;14-10(15)7-2-1-4-12-9(7)8-3-5-11-6-13-8;6-3-4-1-5(7,8)2-4;;;;;/h1-3,6-7,14-15H,4-5,8-12H2;12H,4-10H2,1-3H3;9,15H,1-7H2;9H,4-7H2,1-3H3;1-6H,(H,14,15);4H,1-3H2;5*1H4. The highest BCUT2D eigenvalue weighted by molar-refractivity contribution is 9.09. The van der Waals surface area contributed by atoms with E-state index in [1.807, 2.05) is 41.5 Å². The summed E-state index contributed by atoms with van der Waals surface area (Å²) in [4.78, 5) is 76.8. The Bertz CT molecular complexity index is 3650. The number of carboxylic acids is 1. The van der Waals surface area contributed by atoms with E-state index < -0.39 is 51.7 Å². The van der Waals surface area contributed by atoms with Crippen LogP contribution in [0.2, 0.25) is 0 Å². The van der Waals surface area contributed by atoms with E-state index in [0.29, 0.717) is 113 Å². The van der Waals surface area contributed by atoms with Gasteiger partial charge < -0.3 is 34.6 Å². The van der Waals surface area contributed by atoms with Gasteiger partial charge >= 0.3 is 18.2 Å². The first-order chi connectivity index (χ1) is 48.9. The Morgan fingerprint density at radius 1 is 0.505 bits per heavy atom. The number of carbonyl (C=O) groups is 4. The van der Waals surface area contributed by atoms with E-state index in [1.54, 1.807) is 63.6 Å². The van der Waals surface area contributed by atoms with Gasteiger partial charge in [-0.05, 0) is 185 Å². The first kappa shape index (κ1) is 96.9. The fourth-order valence-corrected chi connectivity index (χ4v) is 14.5. The molecular formula is C79H113BrF8N14O7. The van der Waals surface area contributed by atoms with E-state index in [-0.39, 0.29) is 147 Å². The molecule has 4 aliphatic carbocycles. The van der Waals surface area contributed by atoms with Crippen molar-refractivity contribution >= 4 is 40.0 Å². The molecule has 8 fully saturated rings. The van der Waals surface area contributed by atoms with Crippen molar-refractivity contribution in [2.24, 2.45) is 45.8 Å². The lowest BCUT2D eigenvalue weighted by Crippen LogP contribution is -2.47. The van der Waals surface area contributed by atoms with E-state index in [0.717, 1.165) is 44.1 Å². The van der Waals surface area contributed by atoms with E-state index in [2.05, 4.69) is 75.4 Å². The maximum Gasteiger partial charge on any atom is 0.410 e. The summed E-state index contributed by atoms with van der Waals surface area (Å²) in [5, 5.41) is 49.9. The van der Waals surface area contributed by atoms with Crippen molar-refractivity contribution in [2.45, 2.75) is 236 Å². The number of ether oxygens (including phenoxy) is 2. The summed E-state index contributed by atoms with van der Waals surface area (Å²) in [6.07, 6.45) is 15.0. The van der Waals surface area contributed by atoms with Crippen molar-refractivity contribution in [3.8, 4) is 47.1 Å². The molecule has 4 saturated heterocycles. The number of nitrogens with zero attached hydrogens (tertiary/aromatic N) is 13. The van der Waals surface area contributed by atoms with Crippen molar-refractivity contribution in [3.05, 3.63) is 85.0 Å². The second-order valence-corrected chi connectivity index (χ2v) is 31.3. The molecule has 4 aliphatic heterocycles. The topological polar surface area (TPSA) is 301 Å². The highest BCUT2D eigenvalue weighted by Crippen LogP contribution is 2.53. The third-order valence-electron chi connectivity index (χ3n) is 19.7. The predicted molar refractivity (Wildman–Crippen MR) is 404 cm³/mol. The van der Waals surface area contributed by atoms with Crippen LogP contribution in [0.1, 0.15) is 221 Å². The summed E-state index contributed by atoms with van der Waals surface area (Å²) in [6.45, 7) is 15.7. The molecule has 4 aromatic heterocycles. The first-order valence-electron chi connectivity index (χ1n) is 35.2. The second-order valence-electron chi connectivity index (χ2n) is 30.6. The van der Waals surface area contributed by atoms with Gasteiger partial charge in [0.15, 0.2) is 0 Å². The number of halogens is 9. The zero-order valence-corrected chi connectivity index (χ0v) is 61.3. The minimum atomic E-state index is -2.57. The van der Waals surface area contributed by atoms with Crippen LogP contribution in [0, 0.1) is 91.2 Å². The number of rotatable bonds is 11. The molecule has 30 heteroatoms. The van der Waals surface area contributed by atoms with Gasteiger partial charge in [-0.15, -0.1) is 0 Å². The number of alkyl halides is 9. The van der Waals surface area contributed by atoms with E-state index in [1.165, 1.54) is 24.9 Å². The highest BCUT2D eigenvalue weighted by Gasteiger charge is 2.52. The summed E-state index contributed by atoms with van der Waals surface area (Å²) < 4.78 is 112. The molecular weight excluding hydrogens is 1490 g/mol. The fraction of sp³-hybridized carbons (Fsp3) is 0.671. The smallest absolute Gasteiger partial charge is 0.410 e. The van der Waals surface area contributed by atoms with Gasteiger partial charge in [0, 0.05) is 127 Å². The van der Waals surface area contributed by atoms with E-state index >= 15 is 0 Å². The van der Waals surface area contributed by atoms with Crippen LogP contribution in [0.4, 0.5) is 44.7 Å². The molecule has 4 saturated carbocycles. The summed E-state index contributed by atoms with van der Waals surface area (Å²) in [5.41, 5.74) is 0.00329. The molecule has 0 atom stereocenters. The lowest BCUT2D eigenvalue weighted by molar-refractivity contribution is -0.120. The van der Waals surface area contributed by atoms with Gasteiger partial charge in [-0.2, -0.15) is 21.0 Å². The summed E-state index contributed by atoms with van der Waals surface area (Å²) >= 11 is 3.14. The van der Waals surface area contributed by atoms with Crippen LogP contribution in [0.25, 0.3) is 22.8 Å². The van der Waals surface area contributed by atoms with Crippen molar-refractivity contribution in [3.63, 3.8) is 0 Å². The predicted octanol–water partition coefficient (Wildman–Crippen LogP) is 19.0. The van der Waals surface area contributed by atoms with Gasteiger partial charge in [0.1, 0.15) is 35.2 Å². The van der Waals surface area contributed by atoms with Crippen LogP contribution in [-0.2, 0) is 9.47 Å². The zero-order chi connectivity index (χ0) is 76.4. The molecule has 8 heterocycles. The molecule has 8 aliphatic rings. The molecule has 0 bridgehead atoms. The maximum atomic E-state index is 13.2. The van der Waals surface area contributed by atoms with E-state index in [4.69, 9.17) is 19.8 Å². The number of carboxylic acid groups (broad SMARTS) is 1. The van der Waals surface area contributed by atoms with E-state index in [9.17, 15) is 70.1 Å². The Morgan fingerprint density at radius 2 is 0.844 bits per heavy atom. The van der Waals surface area contributed by atoms with Crippen molar-refractivity contribution in [1.29, 1.82) is 21.0 Å². The third-order valence-corrected chi connectivity index (χ3v) is 20.6. The zero-order valence-electron chi connectivity index (χ0n) is 59.7. The molecule has 21 nitrogen and oxygen atoms in total. The largest absolute Gasteiger partial charge is 0.478 e. The number of likely N-dealkylation sites (tertiary alicyclic amines) is 3. The van der Waals surface area contributed by atoms with Gasteiger partial charge in [0.2, 0.25) is 23.7 Å². The van der Waals surface area contributed by atoms with Crippen LogP contribution in [0.3, 0.4) is 0 Å². The number of hydrogen-bond acceptors (Lipinski definition) is 17. The van der Waals surface area contributed by atoms with Gasteiger partial charge in [-0.3, -0.25) is 14.8 Å². The van der Waals surface area contributed by atoms with Crippen LogP contribution in [0.5, 0.6) is 0 Å². The van der Waals surface area contributed by atoms with Crippen LogP contribution in [-0.4, -0.2) is 166 Å². The van der Waals surface area contributed by atoms with Crippen molar-refractivity contribution in [1.82, 2.24) is 49.9 Å². The number of hydrogen-bond donors (Lipinski definition) is 2. The molecule has 604 valence electrons. The Hall–Kier alpha value is -8.22. The summed E-state index contributed by atoms with van der Waals surface area (Å²) in [5.74, 6) is -10.9. The number of pyridine rings is 2. The molecule has 0 unspecified atom stereocenters. The van der Waals surface area contributed by atoms with Gasteiger partial charge in [0.05, 0.1) is 63.0 Å². The lowest BCUT2D eigenvalue weighted by atomic mass is 9.67. The third kappa shape index (κ3) is 29.5. The number of nitrogens with one attached hydrogen (secondary N) is 1. The summed E-state index contributed by atoms with van der Waals surface area (Å²) in [6, 6.07) is 19.1. The SMILES string of the molecule is C.C.C.C.C.CC(C)(C)OC(=O)N1CCC(C#N)(CC2CC(F)(F)C2)CC1.CC(C)(C)OC(=O)N1CCC(C#N)CC1.FC1(F)CC(CBr)C1.N#CC1(CC2CC(F)(F)C2)CCN(C(=O)c2cccnc2-c2ccncn2)CC1.N#CC1(CC2CC(F)(F)C2)CCNCC1.O=C(O)c1cccnc1-c1ccncn1. The number of piperidine rings is 4. The van der Waals surface area contributed by atoms with Crippen molar-refractivity contribution in [2.75, 3.05) is 57.7 Å². The number of aromatic carboxylic acids is 1. The molecule has 0 aromatic carbocycles. The molecule has 0 radical (unpaired) electrons. The number of carbonyl (C=O) groups excluding carboxylic acids is 3. The Kier molecular flexibility index (Phi) is 37.1. The average molecular weight is 1600 g/mol. The molecule has 4 aromatic rings. The minimum absolute atomic E-state index is 0. The Labute approximate surface area is 647 Å². The number of amides is 3. The normalized spacial score (nSPS) is 20.3. The maximum absolute atomic E-state index is 13.2. The minimum Gasteiger partial charge on any atom is -0.478 e. The molecule has 3 amide bonds. The van der Waals surface area contributed by atoms with Crippen molar-refractivity contribution < 1.29 is 68.9 Å². The van der Waals surface area contributed by atoms with Gasteiger partial charge in [-0.1, -0.05) is 53.1 Å². The average Bonchev–Trinajstić information content (AvgIpc) is 0.791. The fourth-order valence-electron chi connectivity index (χ4n) is 14.0. The number of nitriles is 4. The highest BCUT2D eigenvalue weighted by atomic mass is 79.9. The Balaban J connectivity index is 0.000000456. The van der Waals surface area contributed by atoms with Crippen LogP contribution >= 0.6 is 15.9 Å². The monoisotopic (exact) mass is 1600 g/mol. The molecule has 109 heavy (non-hydrogen) atoms. The molecule has 2 N–H and O–H groups in total.